The Morgan fingerprint density at radius 3 is 1.46 bits per heavy atom. The molecule has 0 aliphatic heterocycles. The number of benzene rings is 1. The number of halogens is 1. The lowest BCUT2D eigenvalue weighted by Gasteiger charge is -2.09. The Balaban J connectivity index is 0.00000729. The van der Waals surface area contributed by atoms with E-state index in [1.165, 1.54) is 95.5 Å². The predicted octanol–water partition coefficient (Wildman–Crippen LogP) is 7.09. The van der Waals surface area contributed by atoms with Crippen molar-refractivity contribution in [3.8, 4) is 11.5 Å². The molecule has 28 heavy (non-hydrogen) atoms. The Morgan fingerprint density at radius 1 is 0.607 bits per heavy atom. The molecule has 4 heteroatoms. The largest absolute Gasteiger partial charge is 0.493 e. The summed E-state index contributed by atoms with van der Waals surface area (Å²) in [4.78, 5) is 0. The number of unbranched alkanes of at least 4 members (excludes halogenated alkanes) is 13. The Bertz CT molecular complexity index is 468. The van der Waals surface area contributed by atoms with Gasteiger partial charge in [-0.25, -0.2) is 0 Å². The van der Waals surface area contributed by atoms with E-state index in [9.17, 15) is 0 Å². The number of hydrogen-bond acceptors (Lipinski definition) is 3. The molecule has 164 valence electrons. The van der Waals surface area contributed by atoms with Gasteiger partial charge in [0, 0.05) is 0 Å². The van der Waals surface area contributed by atoms with Gasteiger partial charge in [0.25, 0.3) is 0 Å². The molecule has 0 saturated heterocycles. The van der Waals surface area contributed by atoms with E-state index in [1.54, 1.807) is 14.2 Å². The first-order chi connectivity index (χ1) is 13.3. The maximum atomic E-state index is 5.51. The molecule has 0 aliphatic carbocycles. The third kappa shape index (κ3) is 13.3. The topological polar surface area (TPSA) is 44.5 Å². The summed E-state index contributed by atoms with van der Waals surface area (Å²) >= 11 is 0. The van der Waals surface area contributed by atoms with Gasteiger partial charge in [0.1, 0.15) is 0 Å². The van der Waals surface area contributed by atoms with E-state index in [1.807, 2.05) is 6.07 Å². The van der Waals surface area contributed by atoms with Crippen LogP contribution in [0.4, 0.5) is 0 Å². The van der Waals surface area contributed by atoms with E-state index in [0.717, 1.165) is 24.5 Å². The quantitative estimate of drug-likeness (QED) is 0.261. The zero-order valence-corrected chi connectivity index (χ0v) is 19.2. The third-order valence-electron chi connectivity index (χ3n) is 5.37. The standard InChI is InChI=1S/C24H43NO2.ClH/c1-26-23-19-18-22(21-24(23)27-2)17-15-13-11-9-7-5-3-4-6-8-10-12-14-16-20-25;/h18-19,21H,3-17,20,25H2,1-2H3;1H. The molecule has 0 unspecified atom stereocenters. The Hall–Kier alpha value is -0.930. The van der Waals surface area contributed by atoms with Crippen LogP contribution in [0.15, 0.2) is 18.2 Å². The number of aryl methyl sites for hydroxylation is 1. The minimum absolute atomic E-state index is 0. The zero-order chi connectivity index (χ0) is 19.6. The van der Waals surface area contributed by atoms with Crippen molar-refractivity contribution in [1.29, 1.82) is 0 Å². The number of ether oxygens (including phenoxy) is 2. The lowest BCUT2D eigenvalue weighted by molar-refractivity contribution is 0.354. The predicted molar refractivity (Wildman–Crippen MR) is 124 cm³/mol. The average Bonchev–Trinajstić information content (AvgIpc) is 2.70. The average molecular weight is 414 g/mol. The summed E-state index contributed by atoms with van der Waals surface area (Å²) in [5.74, 6) is 1.65. The van der Waals surface area contributed by atoms with Gasteiger partial charge in [-0.05, 0) is 43.5 Å². The normalized spacial score (nSPS) is 10.5. The molecule has 0 aliphatic rings. The van der Waals surface area contributed by atoms with E-state index < -0.39 is 0 Å². The van der Waals surface area contributed by atoms with Crippen LogP contribution in [0.1, 0.15) is 95.5 Å². The van der Waals surface area contributed by atoms with Crippen LogP contribution in [-0.4, -0.2) is 20.8 Å². The van der Waals surface area contributed by atoms with Gasteiger partial charge in [-0.1, -0.05) is 83.1 Å². The Morgan fingerprint density at radius 2 is 1.04 bits per heavy atom. The molecule has 0 spiro atoms. The van der Waals surface area contributed by atoms with E-state index >= 15 is 0 Å². The third-order valence-corrected chi connectivity index (χ3v) is 5.37. The van der Waals surface area contributed by atoms with E-state index in [4.69, 9.17) is 15.2 Å². The summed E-state index contributed by atoms with van der Waals surface area (Å²) in [5.41, 5.74) is 6.86. The molecule has 0 bridgehead atoms. The van der Waals surface area contributed by atoms with Crippen LogP contribution >= 0.6 is 12.4 Å². The van der Waals surface area contributed by atoms with Gasteiger partial charge in [0.15, 0.2) is 11.5 Å². The van der Waals surface area contributed by atoms with Gasteiger partial charge >= 0.3 is 0 Å². The van der Waals surface area contributed by atoms with Crippen molar-refractivity contribution in [2.75, 3.05) is 20.8 Å². The van der Waals surface area contributed by atoms with Crippen molar-refractivity contribution in [3.63, 3.8) is 0 Å². The molecule has 0 radical (unpaired) electrons. The smallest absolute Gasteiger partial charge is 0.160 e. The second-order valence-electron chi connectivity index (χ2n) is 7.68. The molecule has 0 amide bonds. The van der Waals surface area contributed by atoms with Gasteiger partial charge in [-0.15, -0.1) is 12.4 Å². The maximum Gasteiger partial charge on any atom is 0.160 e. The highest BCUT2D eigenvalue weighted by atomic mass is 35.5. The fraction of sp³-hybridized carbons (Fsp3) is 0.750. The zero-order valence-electron chi connectivity index (χ0n) is 18.3. The highest BCUT2D eigenvalue weighted by Gasteiger charge is 2.04. The number of hydrogen-bond donors (Lipinski definition) is 1. The van der Waals surface area contributed by atoms with Crippen LogP contribution in [0.5, 0.6) is 11.5 Å². The molecule has 0 saturated carbocycles. The van der Waals surface area contributed by atoms with E-state index in [0.29, 0.717) is 0 Å². The molecule has 0 aromatic heterocycles. The molecule has 0 fully saturated rings. The minimum atomic E-state index is 0. The Kier molecular flexibility index (Phi) is 18.7. The van der Waals surface area contributed by atoms with Crippen LogP contribution in [0.2, 0.25) is 0 Å². The van der Waals surface area contributed by atoms with Crippen molar-refractivity contribution in [1.82, 2.24) is 0 Å². The van der Waals surface area contributed by atoms with Gasteiger partial charge < -0.3 is 15.2 Å². The minimum Gasteiger partial charge on any atom is -0.493 e. The summed E-state index contributed by atoms with van der Waals surface area (Å²) < 4.78 is 10.7. The number of rotatable bonds is 18. The molecule has 1 aromatic rings. The second kappa shape index (κ2) is 19.4. The highest BCUT2D eigenvalue weighted by Crippen LogP contribution is 2.28. The first-order valence-electron chi connectivity index (χ1n) is 11.2. The summed E-state index contributed by atoms with van der Waals surface area (Å²) in [6, 6.07) is 6.27. The maximum absolute atomic E-state index is 5.51. The van der Waals surface area contributed by atoms with Gasteiger partial charge in [-0.2, -0.15) is 0 Å². The number of methoxy groups -OCH3 is 2. The molecule has 1 rings (SSSR count). The fourth-order valence-electron chi connectivity index (χ4n) is 3.63. The lowest BCUT2D eigenvalue weighted by Crippen LogP contribution is -1.97. The summed E-state index contributed by atoms with van der Waals surface area (Å²) in [7, 11) is 3.38. The van der Waals surface area contributed by atoms with Gasteiger partial charge in [0.2, 0.25) is 0 Å². The molecule has 2 N–H and O–H groups in total. The molecular weight excluding hydrogens is 370 g/mol. The first kappa shape index (κ1) is 27.1. The van der Waals surface area contributed by atoms with Crippen molar-refractivity contribution >= 4 is 12.4 Å². The monoisotopic (exact) mass is 413 g/mol. The van der Waals surface area contributed by atoms with Crippen molar-refractivity contribution in [2.45, 2.75) is 96.3 Å². The fourth-order valence-corrected chi connectivity index (χ4v) is 3.63. The van der Waals surface area contributed by atoms with Crippen LogP contribution in [-0.2, 0) is 6.42 Å². The van der Waals surface area contributed by atoms with Crippen molar-refractivity contribution < 1.29 is 9.47 Å². The van der Waals surface area contributed by atoms with E-state index in [-0.39, 0.29) is 12.4 Å². The van der Waals surface area contributed by atoms with Gasteiger partial charge in [0.05, 0.1) is 14.2 Å². The summed E-state index contributed by atoms with van der Waals surface area (Å²) in [5, 5.41) is 0. The first-order valence-corrected chi connectivity index (χ1v) is 11.2. The Labute approximate surface area is 180 Å². The van der Waals surface area contributed by atoms with Crippen molar-refractivity contribution in [3.05, 3.63) is 23.8 Å². The SMILES string of the molecule is COc1ccc(CCCCCCCCCCCCCCCCN)cc1OC.Cl. The second-order valence-corrected chi connectivity index (χ2v) is 7.68. The van der Waals surface area contributed by atoms with Crippen LogP contribution in [0, 0.1) is 0 Å². The molecule has 0 heterocycles. The van der Waals surface area contributed by atoms with E-state index in [2.05, 4.69) is 12.1 Å². The van der Waals surface area contributed by atoms with Crippen molar-refractivity contribution in [2.24, 2.45) is 5.73 Å². The van der Waals surface area contributed by atoms with Crippen LogP contribution < -0.4 is 15.2 Å². The number of nitrogens with two attached hydrogens (primary N) is 1. The summed E-state index contributed by atoms with van der Waals surface area (Å²) in [6.07, 6.45) is 20.3. The summed E-state index contributed by atoms with van der Waals surface area (Å²) in [6.45, 7) is 0.857. The molecule has 1 aromatic carbocycles. The van der Waals surface area contributed by atoms with Crippen LogP contribution in [0.3, 0.4) is 0 Å². The lowest BCUT2D eigenvalue weighted by atomic mass is 10.0. The molecular formula is C24H44ClNO2. The molecule has 0 atom stereocenters. The highest BCUT2D eigenvalue weighted by molar-refractivity contribution is 5.85. The van der Waals surface area contributed by atoms with Gasteiger partial charge in [-0.3, -0.25) is 0 Å². The molecule has 3 nitrogen and oxygen atoms in total. The van der Waals surface area contributed by atoms with Crippen LogP contribution in [0.25, 0.3) is 0 Å².